The number of nitrogens with one attached hydrogen (secondary N) is 1. The molecule has 2 aromatic rings. The summed E-state index contributed by atoms with van der Waals surface area (Å²) < 4.78 is 0. The van der Waals surface area contributed by atoms with Gasteiger partial charge in [-0.2, -0.15) is 11.3 Å². The SMILES string of the molecule is CC(C(=O)Nc1ccccc1)N1CCN(Cc2ccsc2)CC1. The topological polar surface area (TPSA) is 35.6 Å². The predicted molar refractivity (Wildman–Crippen MR) is 95.7 cm³/mol. The lowest BCUT2D eigenvalue weighted by Gasteiger charge is -2.37. The Hall–Kier alpha value is -1.69. The molecule has 1 N–H and O–H groups in total. The molecule has 1 saturated heterocycles. The van der Waals surface area contributed by atoms with Gasteiger partial charge in [-0.3, -0.25) is 14.6 Å². The van der Waals surface area contributed by atoms with Crippen LogP contribution in [0.15, 0.2) is 47.2 Å². The largest absolute Gasteiger partial charge is 0.325 e. The molecule has 0 saturated carbocycles. The second kappa shape index (κ2) is 7.73. The number of hydrogen-bond donors (Lipinski definition) is 1. The highest BCUT2D eigenvalue weighted by atomic mass is 32.1. The van der Waals surface area contributed by atoms with Gasteiger partial charge >= 0.3 is 0 Å². The second-order valence-corrected chi connectivity index (χ2v) is 6.75. The molecule has 1 amide bonds. The van der Waals surface area contributed by atoms with Crippen LogP contribution in [-0.4, -0.2) is 47.9 Å². The Morgan fingerprint density at radius 2 is 1.91 bits per heavy atom. The Labute approximate surface area is 141 Å². The highest BCUT2D eigenvalue weighted by Gasteiger charge is 2.25. The van der Waals surface area contributed by atoms with Crippen molar-refractivity contribution in [3.8, 4) is 0 Å². The Morgan fingerprint density at radius 1 is 1.17 bits per heavy atom. The summed E-state index contributed by atoms with van der Waals surface area (Å²) in [5.74, 6) is 0.0717. The molecule has 23 heavy (non-hydrogen) atoms. The van der Waals surface area contributed by atoms with E-state index < -0.39 is 0 Å². The van der Waals surface area contributed by atoms with E-state index in [4.69, 9.17) is 0 Å². The molecule has 0 radical (unpaired) electrons. The molecule has 3 rings (SSSR count). The second-order valence-electron chi connectivity index (χ2n) is 5.97. The third kappa shape index (κ3) is 4.41. The number of para-hydroxylation sites is 1. The van der Waals surface area contributed by atoms with E-state index >= 15 is 0 Å². The summed E-state index contributed by atoms with van der Waals surface area (Å²) in [4.78, 5) is 17.1. The first-order valence-corrected chi connectivity index (χ1v) is 9.00. The number of carbonyl (C=O) groups is 1. The first-order valence-electron chi connectivity index (χ1n) is 8.06. The maximum Gasteiger partial charge on any atom is 0.241 e. The molecule has 0 bridgehead atoms. The van der Waals surface area contributed by atoms with Crippen LogP contribution >= 0.6 is 11.3 Å². The molecule has 122 valence electrons. The molecular formula is C18H23N3OS. The molecule has 4 nitrogen and oxygen atoms in total. The lowest BCUT2D eigenvalue weighted by molar-refractivity contribution is -0.121. The summed E-state index contributed by atoms with van der Waals surface area (Å²) in [5, 5.41) is 7.33. The van der Waals surface area contributed by atoms with Crippen molar-refractivity contribution in [3.63, 3.8) is 0 Å². The highest BCUT2D eigenvalue weighted by Crippen LogP contribution is 2.14. The van der Waals surface area contributed by atoms with Gasteiger partial charge in [-0.15, -0.1) is 0 Å². The van der Waals surface area contributed by atoms with Crippen molar-refractivity contribution in [1.82, 2.24) is 9.80 Å². The highest BCUT2D eigenvalue weighted by molar-refractivity contribution is 7.07. The summed E-state index contributed by atoms with van der Waals surface area (Å²) in [6, 6.07) is 11.7. The van der Waals surface area contributed by atoms with Gasteiger partial charge in [0.15, 0.2) is 0 Å². The van der Waals surface area contributed by atoms with Crippen molar-refractivity contribution in [2.24, 2.45) is 0 Å². The molecule has 5 heteroatoms. The van der Waals surface area contributed by atoms with Crippen molar-refractivity contribution >= 4 is 22.9 Å². The molecule has 2 heterocycles. The summed E-state index contributed by atoms with van der Waals surface area (Å²) in [5.41, 5.74) is 2.25. The first-order chi connectivity index (χ1) is 11.2. The third-order valence-corrected chi connectivity index (χ3v) is 5.09. The lowest BCUT2D eigenvalue weighted by atomic mass is 10.2. The Bertz CT molecular complexity index is 606. The van der Waals surface area contributed by atoms with Crippen molar-refractivity contribution < 1.29 is 4.79 Å². The fourth-order valence-electron chi connectivity index (χ4n) is 2.88. The first kappa shape index (κ1) is 16.2. The molecule has 0 aliphatic carbocycles. The molecule has 1 fully saturated rings. The molecule has 1 aliphatic heterocycles. The zero-order valence-corrected chi connectivity index (χ0v) is 14.3. The van der Waals surface area contributed by atoms with Gasteiger partial charge in [0.25, 0.3) is 0 Å². The van der Waals surface area contributed by atoms with Crippen LogP contribution in [0.2, 0.25) is 0 Å². The number of carbonyl (C=O) groups excluding carboxylic acids is 1. The van der Waals surface area contributed by atoms with Gasteiger partial charge in [-0.05, 0) is 41.4 Å². The summed E-state index contributed by atoms with van der Waals surface area (Å²) in [6.45, 7) is 6.91. The van der Waals surface area contributed by atoms with E-state index in [1.54, 1.807) is 11.3 Å². The smallest absolute Gasteiger partial charge is 0.241 e. The number of piperazine rings is 1. The number of anilines is 1. The fourth-order valence-corrected chi connectivity index (χ4v) is 3.54. The quantitative estimate of drug-likeness (QED) is 0.916. The van der Waals surface area contributed by atoms with E-state index in [9.17, 15) is 4.79 Å². The normalized spacial score (nSPS) is 17.8. The van der Waals surface area contributed by atoms with Crippen molar-refractivity contribution in [3.05, 3.63) is 52.7 Å². The molecule has 1 unspecified atom stereocenters. The number of rotatable bonds is 5. The third-order valence-electron chi connectivity index (χ3n) is 4.36. The molecule has 1 aromatic heterocycles. The van der Waals surface area contributed by atoms with Gasteiger partial charge in [0, 0.05) is 38.4 Å². The van der Waals surface area contributed by atoms with Crippen LogP contribution in [0.4, 0.5) is 5.69 Å². The van der Waals surface area contributed by atoms with Gasteiger partial charge in [-0.1, -0.05) is 18.2 Å². The van der Waals surface area contributed by atoms with Gasteiger partial charge in [0.1, 0.15) is 0 Å². The minimum Gasteiger partial charge on any atom is -0.325 e. The molecule has 1 aromatic carbocycles. The summed E-state index contributed by atoms with van der Waals surface area (Å²) >= 11 is 1.75. The number of thiophene rings is 1. The minimum atomic E-state index is -0.0986. The van der Waals surface area contributed by atoms with Crippen LogP contribution in [0.1, 0.15) is 12.5 Å². The monoisotopic (exact) mass is 329 g/mol. The van der Waals surface area contributed by atoms with Crippen LogP contribution in [0.5, 0.6) is 0 Å². The van der Waals surface area contributed by atoms with E-state index in [2.05, 4.69) is 31.9 Å². The Kier molecular flexibility index (Phi) is 5.43. The van der Waals surface area contributed by atoms with Crippen LogP contribution in [-0.2, 0) is 11.3 Å². The average molecular weight is 329 g/mol. The Balaban J connectivity index is 1.47. The average Bonchev–Trinajstić information content (AvgIpc) is 3.09. The van der Waals surface area contributed by atoms with Crippen molar-refractivity contribution in [1.29, 1.82) is 0 Å². The van der Waals surface area contributed by atoms with Gasteiger partial charge in [-0.25, -0.2) is 0 Å². The number of hydrogen-bond acceptors (Lipinski definition) is 4. The van der Waals surface area contributed by atoms with Crippen LogP contribution < -0.4 is 5.32 Å². The zero-order chi connectivity index (χ0) is 16.1. The maximum absolute atomic E-state index is 12.4. The van der Waals surface area contributed by atoms with Crippen LogP contribution in [0.3, 0.4) is 0 Å². The van der Waals surface area contributed by atoms with Crippen molar-refractivity contribution in [2.45, 2.75) is 19.5 Å². The lowest BCUT2D eigenvalue weighted by Crippen LogP contribution is -2.52. The van der Waals surface area contributed by atoms with Crippen molar-refractivity contribution in [2.75, 3.05) is 31.5 Å². The number of benzene rings is 1. The summed E-state index contributed by atoms with van der Waals surface area (Å²) in [6.07, 6.45) is 0. The van der Waals surface area contributed by atoms with Gasteiger partial charge in [0.05, 0.1) is 6.04 Å². The predicted octanol–water partition coefficient (Wildman–Crippen LogP) is 2.89. The fraction of sp³-hybridized carbons (Fsp3) is 0.389. The summed E-state index contributed by atoms with van der Waals surface area (Å²) in [7, 11) is 0. The molecule has 1 atom stereocenters. The van der Waals surface area contributed by atoms with E-state index in [1.165, 1.54) is 5.56 Å². The van der Waals surface area contributed by atoms with E-state index in [-0.39, 0.29) is 11.9 Å². The van der Waals surface area contributed by atoms with Crippen LogP contribution in [0.25, 0.3) is 0 Å². The number of nitrogens with zero attached hydrogens (tertiary/aromatic N) is 2. The van der Waals surface area contributed by atoms with Crippen LogP contribution in [0, 0.1) is 0 Å². The standard InChI is InChI=1S/C18H23N3OS/c1-15(18(22)19-17-5-3-2-4-6-17)21-10-8-20(9-11-21)13-16-7-12-23-14-16/h2-7,12,14-15H,8-11,13H2,1H3,(H,19,22). The minimum absolute atomic E-state index is 0.0717. The van der Waals surface area contributed by atoms with E-state index in [0.29, 0.717) is 0 Å². The van der Waals surface area contributed by atoms with Gasteiger partial charge in [0.2, 0.25) is 5.91 Å². The van der Waals surface area contributed by atoms with E-state index in [0.717, 1.165) is 38.4 Å². The Morgan fingerprint density at radius 3 is 2.57 bits per heavy atom. The molecule has 1 aliphatic rings. The van der Waals surface area contributed by atoms with E-state index in [1.807, 2.05) is 37.3 Å². The molecular weight excluding hydrogens is 306 g/mol. The van der Waals surface area contributed by atoms with Gasteiger partial charge < -0.3 is 5.32 Å². The zero-order valence-electron chi connectivity index (χ0n) is 13.4. The number of amides is 1. The molecule has 0 spiro atoms. The maximum atomic E-state index is 12.4.